The third kappa shape index (κ3) is 4.90. The fourth-order valence-electron chi connectivity index (χ4n) is 2.10. The zero-order valence-electron chi connectivity index (χ0n) is 12.6. The van der Waals surface area contributed by atoms with Gasteiger partial charge in [0.25, 0.3) is 0 Å². The maximum atomic E-state index is 11.9. The van der Waals surface area contributed by atoms with Gasteiger partial charge in [-0.15, -0.1) is 0 Å². The van der Waals surface area contributed by atoms with Gasteiger partial charge in [-0.2, -0.15) is 0 Å². The van der Waals surface area contributed by atoms with E-state index in [4.69, 9.17) is 10.2 Å². The van der Waals surface area contributed by atoms with E-state index in [1.807, 2.05) is 0 Å². The molecule has 2 aromatic rings. The molecule has 24 heavy (non-hydrogen) atoms. The van der Waals surface area contributed by atoms with Crippen molar-refractivity contribution in [3.63, 3.8) is 0 Å². The lowest BCUT2D eigenvalue weighted by Gasteiger charge is -2.07. The lowest BCUT2D eigenvalue weighted by atomic mass is 10.1. The van der Waals surface area contributed by atoms with Gasteiger partial charge in [0.05, 0.1) is 16.9 Å². The number of sulfonamides is 1. The van der Waals surface area contributed by atoms with Gasteiger partial charge < -0.3 is 10.4 Å². The summed E-state index contributed by atoms with van der Waals surface area (Å²) in [6.07, 6.45) is 0.0238. The van der Waals surface area contributed by atoms with Gasteiger partial charge in [0, 0.05) is 6.54 Å². The fraction of sp³-hybridized carbons (Fsp3) is 0.125. The summed E-state index contributed by atoms with van der Waals surface area (Å²) in [4.78, 5) is 22.8. The first-order chi connectivity index (χ1) is 11.3. The van der Waals surface area contributed by atoms with E-state index in [2.05, 4.69) is 5.32 Å². The molecule has 0 aliphatic carbocycles. The standard InChI is InChI=1S/C16H16N2O5S/c17-24(22,23)14-6-2-4-12(8-14)10-18-15(19)9-11-3-1-5-13(7-11)16(20)21/h1-8H,9-10H2,(H,18,19)(H,20,21)(H2,17,22,23). The molecule has 0 atom stereocenters. The van der Waals surface area contributed by atoms with Crippen LogP contribution in [0.3, 0.4) is 0 Å². The highest BCUT2D eigenvalue weighted by atomic mass is 32.2. The number of nitrogens with two attached hydrogens (primary N) is 1. The molecule has 7 nitrogen and oxygen atoms in total. The second kappa shape index (κ2) is 7.24. The molecule has 0 bridgehead atoms. The van der Waals surface area contributed by atoms with E-state index in [1.165, 1.54) is 30.3 Å². The van der Waals surface area contributed by atoms with Crippen molar-refractivity contribution in [2.45, 2.75) is 17.9 Å². The van der Waals surface area contributed by atoms with Crippen LogP contribution in [0.1, 0.15) is 21.5 Å². The fourth-order valence-corrected chi connectivity index (χ4v) is 2.68. The maximum absolute atomic E-state index is 11.9. The largest absolute Gasteiger partial charge is 0.478 e. The van der Waals surface area contributed by atoms with Crippen molar-refractivity contribution < 1.29 is 23.1 Å². The van der Waals surface area contributed by atoms with Crippen LogP contribution in [0.5, 0.6) is 0 Å². The van der Waals surface area contributed by atoms with E-state index in [0.717, 1.165) is 0 Å². The van der Waals surface area contributed by atoms with Crippen LogP contribution in [-0.4, -0.2) is 25.4 Å². The average Bonchev–Trinajstić information content (AvgIpc) is 2.52. The molecule has 0 saturated heterocycles. The monoisotopic (exact) mass is 348 g/mol. The molecular formula is C16H16N2O5S. The van der Waals surface area contributed by atoms with E-state index >= 15 is 0 Å². The number of benzene rings is 2. The normalized spacial score (nSPS) is 11.0. The predicted molar refractivity (Wildman–Crippen MR) is 86.8 cm³/mol. The molecule has 0 aliphatic heterocycles. The van der Waals surface area contributed by atoms with Crippen LogP contribution >= 0.6 is 0 Å². The Morgan fingerprint density at radius 1 is 1.04 bits per heavy atom. The van der Waals surface area contributed by atoms with E-state index in [0.29, 0.717) is 11.1 Å². The van der Waals surface area contributed by atoms with Gasteiger partial charge in [0.2, 0.25) is 15.9 Å². The predicted octanol–water partition coefficient (Wildman–Crippen LogP) is 0.891. The van der Waals surface area contributed by atoms with Crippen LogP contribution < -0.4 is 10.5 Å². The Morgan fingerprint density at radius 3 is 2.38 bits per heavy atom. The Labute approximate surface area is 139 Å². The van der Waals surface area contributed by atoms with Crippen molar-refractivity contribution in [2.24, 2.45) is 5.14 Å². The van der Waals surface area contributed by atoms with Crippen molar-refractivity contribution >= 4 is 21.9 Å². The van der Waals surface area contributed by atoms with Gasteiger partial charge in [-0.1, -0.05) is 24.3 Å². The van der Waals surface area contributed by atoms with Gasteiger partial charge in [0.15, 0.2) is 0 Å². The molecule has 0 aliphatic rings. The number of carboxylic acid groups (broad SMARTS) is 1. The van der Waals surface area contributed by atoms with Crippen molar-refractivity contribution in [1.29, 1.82) is 0 Å². The third-order valence-corrected chi connectivity index (χ3v) is 4.17. The zero-order valence-corrected chi connectivity index (χ0v) is 13.4. The smallest absolute Gasteiger partial charge is 0.335 e. The number of aromatic carboxylic acids is 1. The molecule has 0 saturated carbocycles. The molecule has 8 heteroatoms. The summed E-state index contributed by atoms with van der Waals surface area (Å²) in [6.45, 7) is 0.140. The number of carboxylic acids is 1. The molecule has 0 unspecified atom stereocenters. The van der Waals surface area contributed by atoms with Crippen molar-refractivity contribution in [3.05, 3.63) is 65.2 Å². The summed E-state index contributed by atoms with van der Waals surface area (Å²) < 4.78 is 22.6. The number of rotatable bonds is 6. The minimum absolute atomic E-state index is 0.0238. The van der Waals surface area contributed by atoms with E-state index in [-0.39, 0.29) is 29.3 Å². The molecule has 0 fully saturated rings. The second-order valence-corrected chi connectivity index (χ2v) is 6.71. The molecule has 2 rings (SSSR count). The van der Waals surface area contributed by atoms with E-state index in [9.17, 15) is 18.0 Å². The number of carbonyl (C=O) groups is 2. The molecule has 4 N–H and O–H groups in total. The number of amides is 1. The molecule has 0 radical (unpaired) electrons. The molecule has 1 amide bonds. The van der Waals surface area contributed by atoms with Crippen molar-refractivity contribution in [2.75, 3.05) is 0 Å². The van der Waals surface area contributed by atoms with Crippen LogP contribution in [-0.2, 0) is 27.8 Å². The number of hydrogen-bond donors (Lipinski definition) is 3. The van der Waals surface area contributed by atoms with Crippen molar-refractivity contribution in [1.82, 2.24) is 5.32 Å². The van der Waals surface area contributed by atoms with Crippen LogP contribution in [0.4, 0.5) is 0 Å². The Hall–Kier alpha value is -2.71. The molecule has 0 aromatic heterocycles. The first-order valence-corrected chi connectivity index (χ1v) is 8.51. The van der Waals surface area contributed by atoms with Crippen molar-refractivity contribution in [3.8, 4) is 0 Å². The molecular weight excluding hydrogens is 332 g/mol. The molecule has 2 aromatic carbocycles. The summed E-state index contributed by atoms with van der Waals surface area (Å²) in [5.74, 6) is -1.37. The first kappa shape index (κ1) is 17.6. The minimum atomic E-state index is -3.79. The lowest BCUT2D eigenvalue weighted by Crippen LogP contribution is -2.24. The summed E-state index contributed by atoms with van der Waals surface area (Å²) >= 11 is 0. The first-order valence-electron chi connectivity index (χ1n) is 6.96. The number of carbonyl (C=O) groups excluding carboxylic acids is 1. The second-order valence-electron chi connectivity index (χ2n) is 5.15. The molecule has 0 spiro atoms. The van der Waals surface area contributed by atoms with Crippen LogP contribution in [0.2, 0.25) is 0 Å². The highest BCUT2D eigenvalue weighted by Gasteiger charge is 2.10. The van der Waals surface area contributed by atoms with E-state index < -0.39 is 16.0 Å². The van der Waals surface area contributed by atoms with Crippen LogP contribution in [0.15, 0.2) is 53.4 Å². The summed E-state index contributed by atoms with van der Waals surface area (Å²) in [5, 5.41) is 16.6. The van der Waals surface area contributed by atoms with Gasteiger partial charge in [-0.3, -0.25) is 4.79 Å². The average molecular weight is 348 g/mol. The lowest BCUT2D eigenvalue weighted by molar-refractivity contribution is -0.120. The Morgan fingerprint density at radius 2 is 1.71 bits per heavy atom. The molecule has 126 valence electrons. The number of nitrogens with one attached hydrogen (secondary N) is 1. The molecule has 0 heterocycles. The highest BCUT2D eigenvalue weighted by Crippen LogP contribution is 2.10. The maximum Gasteiger partial charge on any atom is 0.335 e. The van der Waals surface area contributed by atoms with E-state index in [1.54, 1.807) is 18.2 Å². The number of hydrogen-bond acceptors (Lipinski definition) is 4. The Kier molecular flexibility index (Phi) is 5.32. The topological polar surface area (TPSA) is 127 Å². The summed E-state index contributed by atoms with van der Waals surface area (Å²) in [7, 11) is -3.79. The number of primary sulfonamides is 1. The van der Waals surface area contributed by atoms with Gasteiger partial charge >= 0.3 is 5.97 Å². The van der Waals surface area contributed by atoms with Crippen LogP contribution in [0, 0.1) is 0 Å². The summed E-state index contributed by atoms with van der Waals surface area (Å²) in [6, 6.07) is 12.1. The van der Waals surface area contributed by atoms with Gasteiger partial charge in [0.1, 0.15) is 0 Å². The summed E-state index contributed by atoms with van der Waals surface area (Å²) in [5.41, 5.74) is 1.28. The SMILES string of the molecule is NS(=O)(=O)c1cccc(CNC(=O)Cc2cccc(C(=O)O)c2)c1. The van der Waals surface area contributed by atoms with Gasteiger partial charge in [-0.25, -0.2) is 18.4 Å². The third-order valence-electron chi connectivity index (χ3n) is 3.26. The van der Waals surface area contributed by atoms with Gasteiger partial charge in [-0.05, 0) is 35.4 Å². The highest BCUT2D eigenvalue weighted by molar-refractivity contribution is 7.89. The van der Waals surface area contributed by atoms with Crippen LogP contribution in [0.25, 0.3) is 0 Å². The minimum Gasteiger partial charge on any atom is -0.478 e. The zero-order chi connectivity index (χ0) is 17.7. The Balaban J connectivity index is 1.99. The Bertz CT molecular complexity index is 878. The quantitative estimate of drug-likeness (QED) is 0.714.